The van der Waals surface area contributed by atoms with Crippen molar-refractivity contribution < 1.29 is 19.1 Å². The maximum Gasteiger partial charge on any atom is 0.323 e. The maximum atomic E-state index is 13.6. The number of carbonyl (C=O) groups excluding carboxylic acids is 1. The maximum absolute atomic E-state index is 13.6. The SMILES string of the molecule is CC(C)N(CC(=O)O)C(=O)c1ccc(Br)cc1F. The van der Waals surface area contributed by atoms with Crippen LogP contribution >= 0.6 is 15.9 Å². The second kappa shape index (κ2) is 5.95. The summed E-state index contributed by atoms with van der Waals surface area (Å²) in [5.74, 6) is -2.43. The number of hydrogen-bond donors (Lipinski definition) is 1. The molecule has 0 aliphatic rings. The third-order valence-corrected chi connectivity index (χ3v) is 2.84. The molecule has 0 aromatic heterocycles. The minimum absolute atomic E-state index is 0.131. The van der Waals surface area contributed by atoms with Gasteiger partial charge in [-0.1, -0.05) is 15.9 Å². The summed E-state index contributed by atoms with van der Waals surface area (Å²) in [5.41, 5.74) is -0.131. The lowest BCUT2D eigenvalue weighted by Crippen LogP contribution is -2.41. The zero-order valence-electron chi connectivity index (χ0n) is 9.98. The molecule has 18 heavy (non-hydrogen) atoms. The summed E-state index contributed by atoms with van der Waals surface area (Å²) in [6.07, 6.45) is 0. The first-order valence-electron chi connectivity index (χ1n) is 5.30. The zero-order chi connectivity index (χ0) is 13.9. The molecule has 0 radical (unpaired) electrons. The van der Waals surface area contributed by atoms with Crippen molar-refractivity contribution in [2.24, 2.45) is 0 Å². The Kier molecular flexibility index (Phi) is 4.84. The lowest BCUT2D eigenvalue weighted by molar-refractivity contribution is -0.138. The van der Waals surface area contributed by atoms with E-state index in [0.29, 0.717) is 4.47 Å². The standard InChI is InChI=1S/C12H13BrFNO3/c1-7(2)15(6-11(16)17)12(18)9-4-3-8(13)5-10(9)14/h3-5,7H,6H2,1-2H3,(H,16,17). The Bertz CT molecular complexity index is 476. The largest absolute Gasteiger partial charge is 0.480 e. The number of rotatable bonds is 4. The zero-order valence-corrected chi connectivity index (χ0v) is 11.6. The number of halogens is 2. The van der Waals surface area contributed by atoms with Gasteiger partial charge in [-0.15, -0.1) is 0 Å². The summed E-state index contributed by atoms with van der Waals surface area (Å²) < 4.78 is 14.2. The number of nitrogens with zero attached hydrogens (tertiary/aromatic N) is 1. The fraction of sp³-hybridized carbons (Fsp3) is 0.333. The molecule has 0 bridgehead atoms. The molecule has 0 spiro atoms. The molecule has 4 nitrogen and oxygen atoms in total. The summed E-state index contributed by atoms with van der Waals surface area (Å²) in [6.45, 7) is 2.90. The fourth-order valence-corrected chi connectivity index (χ4v) is 1.79. The van der Waals surface area contributed by atoms with Crippen LogP contribution in [0.25, 0.3) is 0 Å². The summed E-state index contributed by atoms with van der Waals surface area (Å²) >= 11 is 3.09. The molecule has 0 atom stereocenters. The number of carboxylic acids is 1. The van der Waals surface area contributed by atoms with Crippen LogP contribution in [-0.2, 0) is 4.79 Å². The van der Waals surface area contributed by atoms with Gasteiger partial charge in [0.1, 0.15) is 12.4 Å². The average molecular weight is 318 g/mol. The van der Waals surface area contributed by atoms with Gasteiger partial charge in [0.15, 0.2) is 0 Å². The molecular weight excluding hydrogens is 305 g/mol. The second-order valence-corrected chi connectivity index (χ2v) is 4.96. The molecule has 0 heterocycles. The first kappa shape index (κ1) is 14.6. The van der Waals surface area contributed by atoms with E-state index in [4.69, 9.17) is 5.11 Å². The molecule has 0 fully saturated rings. The highest BCUT2D eigenvalue weighted by molar-refractivity contribution is 9.10. The van der Waals surface area contributed by atoms with Gasteiger partial charge in [-0.25, -0.2) is 4.39 Å². The molecular formula is C12H13BrFNO3. The fourth-order valence-electron chi connectivity index (χ4n) is 1.45. The molecule has 98 valence electrons. The third-order valence-electron chi connectivity index (χ3n) is 2.35. The monoisotopic (exact) mass is 317 g/mol. The van der Waals surface area contributed by atoms with E-state index in [1.807, 2.05) is 0 Å². The summed E-state index contributed by atoms with van der Waals surface area (Å²) in [7, 11) is 0. The quantitative estimate of drug-likeness (QED) is 0.928. The van der Waals surface area contributed by atoms with Crippen molar-refractivity contribution in [3.05, 3.63) is 34.1 Å². The van der Waals surface area contributed by atoms with Gasteiger partial charge in [0.05, 0.1) is 5.56 Å². The summed E-state index contributed by atoms with van der Waals surface area (Å²) in [4.78, 5) is 23.9. The highest BCUT2D eigenvalue weighted by atomic mass is 79.9. The minimum atomic E-state index is -1.13. The van der Waals surface area contributed by atoms with Crippen molar-refractivity contribution in [1.29, 1.82) is 0 Å². The number of aliphatic carboxylic acids is 1. The van der Waals surface area contributed by atoms with Gasteiger partial charge >= 0.3 is 5.97 Å². The van der Waals surface area contributed by atoms with E-state index < -0.39 is 24.2 Å². The molecule has 1 N–H and O–H groups in total. The van der Waals surface area contributed by atoms with Crippen LogP contribution in [0.15, 0.2) is 22.7 Å². The van der Waals surface area contributed by atoms with Crippen molar-refractivity contribution in [3.8, 4) is 0 Å². The lowest BCUT2D eigenvalue weighted by atomic mass is 10.1. The number of carboxylic acid groups (broad SMARTS) is 1. The van der Waals surface area contributed by atoms with E-state index >= 15 is 0 Å². The van der Waals surface area contributed by atoms with Gasteiger partial charge in [-0.05, 0) is 32.0 Å². The average Bonchev–Trinajstić information content (AvgIpc) is 2.24. The molecule has 1 amide bonds. The predicted octanol–water partition coefficient (Wildman–Crippen LogP) is 2.52. The highest BCUT2D eigenvalue weighted by Gasteiger charge is 2.23. The predicted molar refractivity (Wildman–Crippen MR) is 67.9 cm³/mol. The van der Waals surface area contributed by atoms with Crippen LogP contribution < -0.4 is 0 Å². The van der Waals surface area contributed by atoms with Crippen molar-refractivity contribution in [2.45, 2.75) is 19.9 Å². The van der Waals surface area contributed by atoms with Crippen LogP contribution in [0.2, 0.25) is 0 Å². The van der Waals surface area contributed by atoms with Crippen molar-refractivity contribution in [3.63, 3.8) is 0 Å². The van der Waals surface area contributed by atoms with Crippen LogP contribution in [0.1, 0.15) is 24.2 Å². The van der Waals surface area contributed by atoms with E-state index in [0.717, 1.165) is 4.90 Å². The van der Waals surface area contributed by atoms with Gasteiger partial charge in [0, 0.05) is 10.5 Å². The number of amides is 1. The Morgan fingerprint density at radius 2 is 2.06 bits per heavy atom. The molecule has 0 unspecified atom stereocenters. The Morgan fingerprint density at radius 3 is 2.50 bits per heavy atom. The minimum Gasteiger partial charge on any atom is -0.480 e. The Balaban J connectivity index is 3.05. The smallest absolute Gasteiger partial charge is 0.323 e. The number of hydrogen-bond acceptors (Lipinski definition) is 2. The molecule has 1 rings (SSSR count). The van der Waals surface area contributed by atoms with E-state index in [2.05, 4.69) is 15.9 Å². The van der Waals surface area contributed by atoms with Gasteiger partial charge in [-0.2, -0.15) is 0 Å². The van der Waals surface area contributed by atoms with Gasteiger partial charge in [0.2, 0.25) is 0 Å². The summed E-state index contributed by atoms with van der Waals surface area (Å²) in [5, 5.41) is 8.75. The van der Waals surface area contributed by atoms with Gasteiger partial charge in [0.25, 0.3) is 5.91 Å². The highest BCUT2D eigenvalue weighted by Crippen LogP contribution is 2.17. The van der Waals surface area contributed by atoms with Crippen LogP contribution in [-0.4, -0.2) is 34.5 Å². The van der Waals surface area contributed by atoms with E-state index in [1.54, 1.807) is 13.8 Å². The number of carbonyl (C=O) groups is 2. The van der Waals surface area contributed by atoms with Crippen LogP contribution in [0, 0.1) is 5.82 Å². The summed E-state index contributed by atoms with van der Waals surface area (Å²) in [6, 6.07) is 3.72. The molecule has 0 saturated carbocycles. The van der Waals surface area contributed by atoms with Crippen molar-refractivity contribution >= 4 is 27.8 Å². The van der Waals surface area contributed by atoms with Crippen molar-refractivity contribution in [2.75, 3.05) is 6.54 Å². The molecule has 6 heteroatoms. The number of benzene rings is 1. The molecule has 0 aliphatic heterocycles. The van der Waals surface area contributed by atoms with Crippen LogP contribution in [0.4, 0.5) is 4.39 Å². The van der Waals surface area contributed by atoms with Gasteiger partial charge in [-0.3, -0.25) is 9.59 Å². The Hall–Kier alpha value is -1.43. The van der Waals surface area contributed by atoms with Crippen molar-refractivity contribution in [1.82, 2.24) is 4.90 Å². The molecule has 1 aromatic rings. The van der Waals surface area contributed by atoms with Crippen LogP contribution in [0.5, 0.6) is 0 Å². The molecule has 0 saturated heterocycles. The van der Waals surface area contributed by atoms with Gasteiger partial charge < -0.3 is 10.0 Å². The lowest BCUT2D eigenvalue weighted by Gasteiger charge is -2.25. The molecule has 0 aliphatic carbocycles. The molecule has 1 aromatic carbocycles. The van der Waals surface area contributed by atoms with E-state index in [9.17, 15) is 14.0 Å². The van der Waals surface area contributed by atoms with Crippen LogP contribution in [0.3, 0.4) is 0 Å². The topological polar surface area (TPSA) is 57.6 Å². The first-order chi connectivity index (χ1) is 8.32. The Labute approximate surface area is 113 Å². The Morgan fingerprint density at radius 1 is 1.44 bits per heavy atom. The first-order valence-corrected chi connectivity index (χ1v) is 6.10. The van der Waals surface area contributed by atoms with E-state index in [-0.39, 0.29) is 11.6 Å². The second-order valence-electron chi connectivity index (χ2n) is 4.04. The third kappa shape index (κ3) is 3.53. The normalized spacial score (nSPS) is 10.5. The van der Waals surface area contributed by atoms with E-state index in [1.165, 1.54) is 18.2 Å².